The quantitative estimate of drug-likeness (QED) is 0.908. The van der Waals surface area contributed by atoms with E-state index < -0.39 is 0 Å². The number of hydrogen-bond acceptors (Lipinski definition) is 3. The first-order valence-electron chi connectivity index (χ1n) is 6.78. The zero-order valence-electron chi connectivity index (χ0n) is 11.4. The highest BCUT2D eigenvalue weighted by molar-refractivity contribution is 5.64. The van der Waals surface area contributed by atoms with Gasteiger partial charge in [0.2, 0.25) is 5.88 Å². The molecule has 0 bridgehead atoms. The molecule has 0 radical (unpaired) electrons. The van der Waals surface area contributed by atoms with Gasteiger partial charge in [0.25, 0.3) is 0 Å². The standard InChI is InChI=1S/C16H17FN2O/c1-20-16-7-3-12(10-19-16)14-8-11(2-6-15(14)17)9-18-13-4-5-13/h2-3,6-8,10,13,18H,4-5,9H2,1H3. The zero-order valence-corrected chi connectivity index (χ0v) is 11.4. The Hall–Kier alpha value is -1.94. The third-order valence-corrected chi connectivity index (χ3v) is 3.46. The summed E-state index contributed by atoms with van der Waals surface area (Å²) in [6.07, 6.45) is 4.13. The first-order chi connectivity index (χ1) is 9.76. The summed E-state index contributed by atoms with van der Waals surface area (Å²) in [5, 5.41) is 3.43. The lowest BCUT2D eigenvalue weighted by atomic mass is 10.0. The van der Waals surface area contributed by atoms with Crippen LogP contribution in [-0.4, -0.2) is 18.1 Å². The molecule has 0 unspecified atom stereocenters. The SMILES string of the molecule is COc1ccc(-c2cc(CNC3CC3)ccc2F)cn1. The van der Waals surface area contributed by atoms with Gasteiger partial charge in [0.05, 0.1) is 7.11 Å². The normalized spacial score (nSPS) is 14.3. The van der Waals surface area contributed by atoms with E-state index in [9.17, 15) is 4.39 Å². The molecule has 3 rings (SSSR count). The van der Waals surface area contributed by atoms with E-state index in [1.807, 2.05) is 18.2 Å². The van der Waals surface area contributed by atoms with Crippen molar-refractivity contribution in [2.45, 2.75) is 25.4 Å². The summed E-state index contributed by atoms with van der Waals surface area (Å²) < 4.78 is 19.0. The predicted molar refractivity (Wildman–Crippen MR) is 76.0 cm³/mol. The van der Waals surface area contributed by atoms with Crippen molar-refractivity contribution in [1.29, 1.82) is 0 Å². The van der Waals surface area contributed by atoms with Gasteiger partial charge in [-0.25, -0.2) is 9.37 Å². The topological polar surface area (TPSA) is 34.1 Å². The van der Waals surface area contributed by atoms with E-state index in [0.29, 0.717) is 17.5 Å². The summed E-state index contributed by atoms with van der Waals surface area (Å²) in [6.45, 7) is 0.779. The van der Waals surface area contributed by atoms with Gasteiger partial charge in [-0.2, -0.15) is 0 Å². The van der Waals surface area contributed by atoms with Gasteiger partial charge in [-0.3, -0.25) is 0 Å². The number of hydrogen-bond donors (Lipinski definition) is 1. The molecule has 1 aromatic heterocycles. The number of aromatic nitrogens is 1. The van der Waals surface area contributed by atoms with E-state index in [-0.39, 0.29) is 5.82 Å². The van der Waals surface area contributed by atoms with E-state index in [0.717, 1.165) is 17.7 Å². The van der Waals surface area contributed by atoms with Gasteiger partial charge in [-0.05, 0) is 36.6 Å². The molecule has 1 aromatic carbocycles. The minimum absolute atomic E-state index is 0.230. The van der Waals surface area contributed by atoms with Crippen LogP contribution in [0.1, 0.15) is 18.4 Å². The molecule has 1 aliphatic rings. The monoisotopic (exact) mass is 272 g/mol. The maximum absolute atomic E-state index is 14.0. The van der Waals surface area contributed by atoms with Crippen LogP contribution < -0.4 is 10.1 Å². The van der Waals surface area contributed by atoms with Crippen molar-refractivity contribution in [2.24, 2.45) is 0 Å². The first-order valence-corrected chi connectivity index (χ1v) is 6.78. The van der Waals surface area contributed by atoms with Crippen LogP contribution in [0.15, 0.2) is 36.5 Å². The van der Waals surface area contributed by atoms with E-state index >= 15 is 0 Å². The summed E-state index contributed by atoms with van der Waals surface area (Å²) in [6, 6.07) is 9.43. The van der Waals surface area contributed by atoms with Crippen LogP contribution in [-0.2, 0) is 6.54 Å². The fraction of sp³-hybridized carbons (Fsp3) is 0.312. The number of rotatable bonds is 5. The van der Waals surface area contributed by atoms with Gasteiger partial charge < -0.3 is 10.1 Å². The number of nitrogens with one attached hydrogen (secondary N) is 1. The van der Waals surface area contributed by atoms with Crippen molar-refractivity contribution in [2.75, 3.05) is 7.11 Å². The number of ether oxygens (including phenoxy) is 1. The third kappa shape index (κ3) is 2.96. The van der Waals surface area contributed by atoms with Crippen LogP contribution in [0.5, 0.6) is 5.88 Å². The second-order valence-electron chi connectivity index (χ2n) is 5.06. The number of nitrogens with zero attached hydrogens (tertiary/aromatic N) is 1. The Morgan fingerprint density at radius 2 is 2.15 bits per heavy atom. The zero-order chi connectivity index (χ0) is 13.9. The number of methoxy groups -OCH3 is 1. The highest BCUT2D eigenvalue weighted by atomic mass is 19.1. The molecule has 20 heavy (non-hydrogen) atoms. The van der Waals surface area contributed by atoms with Crippen LogP contribution >= 0.6 is 0 Å². The molecule has 4 heteroatoms. The van der Waals surface area contributed by atoms with Crippen LogP contribution in [0.4, 0.5) is 4.39 Å². The molecule has 3 nitrogen and oxygen atoms in total. The maximum atomic E-state index is 14.0. The highest BCUT2D eigenvalue weighted by Gasteiger charge is 2.20. The predicted octanol–water partition coefficient (Wildman–Crippen LogP) is 3.15. The van der Waals surface area contributed by atoms with Gasteiger partial charge >= 0.3 is 0 Å². The average molecular weight is 272 g/mol. The molecule has 0 aliphatic heterocycles. The molecule has 1 heterocycles. The van der Waals surface area contributed by atoms with Crippen LogP contribution in [0, 0.1) is 5.82 Å². The van der Waals surface area contributed by atoms with Crippen molar-refractivity contribution in [3.63, 3.8) is 0 Å². The molecule has 2 aromatic rings. The molecule has 1 N–H and O–H groups in total. The molecule has 1 saturated carbocycles. The number of pyridine rings is 1. The Labute approximate surface area is 117 Å². The smallest absolute Gasteiger partial charge is 0.212 e. The van der Waals surface area contributed by atoms with Crippen molar-refractivity contribution < 1.29 is 9.13 Å². The van der Waals surface area contributed by atoms with Gasteiger partial charge in [0, 0.05) is 36.0 Å². The molecule has 0 saturated heterocycles. The lowest BCUT2D eigenvalue weighted by molar-refractivity contribution is 0.398. The molecule has 0 amide bonds. The van der Waals surface area contributed by atoms with Gasteiger partial charge in [0.1, 0.15) is 5.82 Å². The van der Waals surface area contributed by atoms with Crippen LogP contribution in [0.25, 0.3) is 11.1 Å². The minimum Gasteiger partial charge on any atom is -0.481 e. The average Bonchev–Trinajstić information content (AvgIpc) is 3.31. The Morgan fingerprint density at radius 1 is 1.30 bits per heavy atom. The third-order valence-electron chi connectivity index (χ3n) is 3.46. The fourth-order valence-electron chi connectivity index (χ4n) is 2.11. The summed E-state index contributed by atoms with van der Waals surface area (Å²) in [5.74, 6) is 0.299. The Kier molecular flexibility index (Phi) is 3.65. The highest BCUT2D eigenvalue weighted by Crippen LogP contribution is 2.25. The van der Waals surface area contributed by atoms with Crippen molar-refractivity contribution in [3.8, 4) is 17.0 Å². The van der Waals surface area contributed by atoms with Gasteiger partial charge in [0.15, 0.2) is 0 Å². The molecule has 1 fully saturated rings. The van der Waals surface area contributed by atoms with E-state index in [2.05, 4.69) is 10.3 Å². The second-order valence-corrected chi connectivity index (χ2v) is 5.06. The van der Waals surface area contributed by atoms with Gasteiger partial charge in [-0.1, -0.05) is 6.07 Å². The van der Waals surface area contributed by atoms with Gasteiger partial charge in [-0.15, -0.1) is 0 Å². The minimum atomic E-state index is -0.230. The second kappa shape index (κ2) is 5.59. The van der Waals surface area contributed by atoms with Crippen molar-refractivity contribution >= 4 is 0 Å². The largest absolute Gasteiger partial charge is 0.481 e. The van der Waals surface area contributed by atoms with E-state index in [4.69, 9.17) is 4.74 Å². The fourth-order valence-corrected chi connectivity index (χ4v) is 2.11. The summed E-state index contributed by atoms with van der Waals surface area (Å²) >= 11 is 0. The molecule has 0 spiro atoms. The molecule has 1 aliphatic carbocycles. The van der Waals surface area contributed by atoms with E-state index in [1.54, 1.807) is 19.4 Å². The Morgan fingerprint density at radius 3 is 2.80 bits per heavy atom. The number of halogens is 1. The lowest BCUT2D eigenvalue weighted by Crippen LogP contribution is -2.15. The lowest BCUT2D eigenvalue weighted by Gasteiger charge is -2.08. The summed E-state index contributed by atoms with van der Waals surface area (Å²) in [5.41, 5.74) is 2.43. The summed E-state index contributed by atoms with van der Waals surface area (Å²) in [7, 11) is 1.56. The molecular formula is C16H17FN2O. The van der Waals surface area contributed by atoms with Crippen LogP contribution in [0.2, 0.25) is 0 Å². The Bertz CT molecular complexity index is 594. The molecular weight excluding hydrogens is 255 g/mol. The van der Waals surface area contributed by atoms with Crippen LogP contribution in [0.3, 0.4) is 0 Å². The summed E-state index contributed by atoms with van der Waals surface area (Å²) in [4.78, 5) is 4.12. The molecule has 104 valence electrons. The van der Waals surface area contributed by atoms with Crippen molar-refractivity contribution in [1.82, 2.24) is 10.3 Å². The number of benzene rings is 1. The Balaban J connectivity index is 1.83. The maximum Gasteiger partial charge on any atom is 0.212 e. The van der Waals surface area contributed by atoms with Crippen molar-refractivity contribution in [3.05, 3.63) is 47.9 Å². The molecule has 0 atom stereocenters. The van der Waals surface area contributed by atoms with E-state index in [1.165, 1.54) is 18.9 Å². The first kappa shape index (κ1) is 13.1.